The molecule has 0 amide bonds. The third-order valence-electron chi connectivity index (χ3n) is 9.38. The first-order valence-electron chi connectivity index (χ1n) is 14.0. The Hall–Kier alpha value is -4.46. The van der Waals surface area contributed by atoms with Gasteiger partial charge in [-0.1, -0.05) is 42.5 Å². The van der Waals surface area contributed by atoms with E-state index in [1.165, 1.54) is 79.1 Å². The molecule has 4 nitrogen and oxygen atoms in total. The number of imidazole rings is 2. The average Bonchev–Trinajstić information content (AvgIpc) is 3.72. The first-order valence-corrected chi connectivity index (χ1v) is 15.6. The van der Waals surface area contributed by atoms with E-state index in [9.17, 15) is 0 Å². The van der Waals surface area contributed by atoms with E-state index in [4.69, 9.17) is 9.97 Å². The van der Waals surface area contributed by atoms with Crippen LogP contribution < -0.4 is 16.4 Å². The van der Waals surface area contributed by atoms with Crippen LogP contribution in [-0.2, 0) is 0 Å². The predicted molar refractivity (Wildman–Crippen MR) is 176 cm³/mol. The molecule has 0 fully saturated rings. The Labute approximate surface area is 242 Å². The molecule has 5 aromatic carbocycles. The van der Waals surface area contributed by atoms with Crippen LogP contribution in [0.2, 0.25) is 0 Å². The summed E-state index contributed by atoms with van der Waals surface area (Å²) in [4.78, 5) is 10.6. The van der Waals surface area contributed by atoms with Gasteiger partial charge in [0.1, 0.15) is 11.6 Å². The molecule has 0 saturated heterocycles. The standard InChI is InChI=1S/C34H19BN4S2/c1-16-36-31-28-18-8-3-5-12-24(18)40-26(28)14-20-33(31)38(16)22-10-7-11-23-30(22)35(20)21-15-27-29(19-9-4-6-13-25(19)41-27)32-34(21)39(23)17(2)37-32/h3-15H,1-2H3. The molecule has 4 aromatic heterocycles. The van der Waals surface area contributed by atoms with Gasteiger partial charge >= 0.3 is 0 Å². The fourth-order valence-corrected chi connectivity index (χ4v) is 10.2. The van der Waals surface area contributed by atoms with E-state index in [0.717, 1.165) is 22.7 Å². The van der Waals surface area contributed by atoms with Gasteiger partial charge < -0.3 is 0 Å². The largest absolute Gasteiger partial charge is 0.297 e. The van der Waals surface area contributed by atoms with Crippen molar-refractivity contribution in [1.29, 1.82) is 0 Å². The van der Waals surface area contributed by atoms with Gasteiger partial charge in [-0.25, -0.2) is 9.97 Å². The third kappa shape index (κ3) is 2.31. The molecule has 6 heterocycles. The van der Waals surface area contributed by atoms with Crippen LogP contribution in [-0.4, -0.2) is 25.8 Å². The molecular weight excluding hydrogens is 539 g/mol. The summed E-state index contributed by atoms with van der Waals surface area (Å²) in [7, 11) is 0. The fraction of sp³-hybridized carbons (Fsp3) is 0.0588. The van der Waals surface area contributed by atoms with Gasteiger partial charge in [0.25, 0.3) is 6.71 Å². The number of benzene rings is 5. The predicted octanol–water partition coefficient (Wildman–Crippen LogP) is 6.86. The summed E-state index contributed by atoms with van der Waals surface area (Å²) >= 11 is 3.77. The molecule has 41 heavy (non-hydrogen) atoms. The summed E-state index contributed by atoms with van der Waals surface area (Å²) in [5.41, 5.74) is 11.3. The second kappa shape index (κ2) is 6.88. The lowest BCUT2D eigenvalue weighted by molar-refractivity contribution is 0.981. The zero-order valence-corrected chi connectivity index (χ0v) is 23.8. The molecule has 0 N–H and O–H groups in total. The molecule has 190 valence electrons. The molecule has 9 aromatic rings. The molecule has 0 spiro atoms. The maximum absolute atomic E-state index is 5.29. The van der Waals surface area contributed by atoms with Crippen molar-refractivity contribution in [2.75, 3.05) is 0 Å². The monoisotopic (exact) mass is 558 g/mol. The van der Waals surface area contributed by atoms with E-state index in [2.05, 4.69) is 102 Å². The maximum Gasteiger partial charge on any atom is 0.252 e. The van der Waals surface area contributed by atoms with Crippen LogP contribution in [0.25, 0.3) is 73.8 Å². The molecule has 0 atom stereocenters. The number of hydrogen-bond acceptors (Lipinski definition) is 4. The molecule has 2 aliphatic rings. The molecule has 7 heteroatoms. The van der Waals surface area contributed by atoms with Crippen molar-refractivity contribution in [2.24, 2.45) is 0 Å². The van der Waals surface area contributed by atoms with Crippen LogP contribution >= 0.6 is 22.7 Å². The summed E-state index contributed by atoms with van der Waals surface area (Å²) in [6, 6.07) is 29.3. The van der Waals surface area contributed by atoms with Crippen LogP contribution in [0, 0.1) is 13.8 Å². The third-order valence-corrected chi connectivity index (χ3v) is 11.6. The Bertz CT molecular complexity index is 2510. The van der Waals surface area contributed by atoms with E-state index >= 15 is 0 Å². The molecule has 0 aliphatic carbocycles. The molecular formula is C34H19BN4S2. The topological polar surface area (TPSA) is 35.6 Å². The van der Waals surface area contributed by atoms with Gasteiger partial charge in [0.2, 0.25) is 0 Å². The molecule has 0 saturated carbocycles. The van der Waals surface area contributed by atoms with Gasteiger partial charge in [0.15, 0.2) is 0 Å². The number of fused-ring (bicyclic) bond motifs is 12. The number of hydrogen-bond donors (Lipinski definition) is 0. The number of thiophene rings is 2. The van der Waals surface area contributed by atoms with Crippen LogP contribution in [0.15, 0.2) is 78.9 Å². The van der Waals surface area contributed by atoms with Crippen LogP contribution in [0.5, 0.6) is 0 Å². The quantitative estimate of drug-likeness (QED) is 0.191. The molecule has 0 radical (unpaired) electrons. The lowest BCUT2D eigenvalue weighted by Gasteiger charge is -2.33. The van der Waals surface area contributed by atoms with Gasteiger partial charge in [0, 0.05) is 51.7 Å². The summed E-state index contributed by atoms with van der Waals surface area (Å²) in [5.74, 6) is 2.07. The lowest BCUT2D eigenvalue weighted by atomic mass is 9.34. The van der Waals surface area contributed by atoms with E-state index in [1.807, 2.05) is 22.7 Å². The second-order valence-corrected chi connectivity index (χ2v) is 13.6. The average molecular weight is 559 g/mol. The number of rotatable bonds is 0. The van der Waals surface area contributed by atoms with Gasteiger partial charge in [-0.2, -0.15) is 0 Å². The van der Waals surface area contributed by atoms with E-state index < -0.39 is 0 Å². The minimum Gasteiger partial charge on any atom is -0.297 e. The number of aryl methyl sites for hydroxylation is 2. The van der Waals surface area contributed by atoms with Crippen LogP contribution in [0.4, 0.5) is 0 Å². The summed E-state index contributed by atoms with van der Waals surface area (Å²) < 4.78 is 10.1. The molecule has 11 rings (SSSR count). The normalized spacial score (nSPS) is 13.6. The zero-order chi connectivity index (χ0) is 26.7. The SMILES string of the molecule is Cc1nc2c3c(cc4c2n1-c1cccc2c1B4c1cc4sc5ccccc5c4c4nc(C)n-2c14)sc1ccccc13. The van der Waals surface area contributed by atoms with Crippen molar-refractivity contribution >= 4 is 108 Å². The van der Waals surface area contributed by atoms with Crippen molar-refractivity contribution in [2.45, 2.75) is 13.8 Å². The summed E-state index contributed by atoms with van der Waals surface area (Å²) in [6.07, 6.45) is 0. The Morgan fingerprint density at radius 3 is 1.59 bits per heavy atom. The summed E-state index contributed by atoms with van der Waals surface area (Å²) in [6.45, 7) is 4.42. The number of nitrogens with zero attached hydrogens (tertiary/aromatic N) is 4. The van der Waals surface area contributed by atoms with E-state index in [1.54, 1.807) is 0 Å². The molecule has 2 aliphatic heterocycles. The van der Waals surface area contributed by atoms with Crippen molar-refractivity contribution < 1.29 is 0 Å². The van der Waals surface area contributed by atoms with Gasteiger partial charge in [-0.05, 0) is 66.6 Å². The fourth-order valence-electron chi connectivity index (χ4n) is 7.92. The van der Waals surface area contributed by atoms with Crippen LogP contribution in [0.3, 0.4) is 0 Å². The Morgan fingerprint density at radius 1 is 0.585 bits per heavy atom. The smallest absolute Gasteiger partial charge is 0.252 e. The highest BCUT2D eigenvalue weighted by Gasteiger charge is 2.42. The van der Waals surface area contributed by atoms with Gasteiger partial charge in [-0.3, -0.25) is 9.13 Å². The minimum atomic E-state index is 0.114. The molecule has 0 bridgehead atoms. The van der Waals surface area contributed by atoms with Gasteiger partial charge in [-0.15, -0.1) is 22.7 Å². The first kappa shape index (κ1) is 21.3. The highest BCUT2D eigenvalue weighted by molar-refractivity contribution is 7.26. The second-order valence-electron chi connectivity index (χ2n) is 11.4. The Morgan fingerprint density at radius 2 is 1.07 bits per heavy atom. The highest BCUT2D eigenvalue weighted by atomic mass is 32.1. The summed E-state index contributed by atoms with van der Waals surface area (Å²) in [5, 5.41) is 5.17. The first-order chi connectivity index (χ1) is 20.2. The van der Waals surface area contributed by atoms with E-state index in [-0.39, 0.29) is 6.71 Å². The van der Waals surface area contributed by atoms with Crippen molar-refractivity contribution in [1.82, 2.24) is 19.1 Å². The Balaban J connectivity index is 1.38. The Kier molecular flexibility index (Phi) is 3.57. The van der Waals surface area contributed by atoms with E-state index in [0.29, 0.717) is 0 Å². The van der Waals surface area contributed by atoms with Crippen molar-refractivity contribution in [3.63, 3.8) is 0 Å². The minimum absolute atomic E-state index is 0.114. The zero-order valence-electron chi connectivity index (χ0n) is 22.2. The molecule has 0 unspecified atom stereocenters. The van der Waals surface area contributed by atoms with Gasteiger partial charge in [0.05, 0.1) is 22.1 Å². The number of aromatic nitrogens is 4. The lowest BCUT2D eigenvalue weighted by Crippen LogP contribution is -2.59. The van der Waals surface area contributed by atoms with Crippen molar-refractivity contribution in [3.05, 3.63) is 90.5 Å². The highest BCUT2D eigenvalue weighted by Crippen LogP contribution is 2.42. The van der Waals surface area contributed by atoms with Crippen molar-refractivity contribution in [3.8, 4) is 11.4 Å². The maximum atomic E-state index is 5.29. The van der Waals surface area contributed by atoms with Crippen LogP contribution in [0.1, 0.15) is 11.6 Å².